The molecule has 0 heterocycles. The van der Waals surface area contributed by atoms with E-state index in [1.165, 1.54) is 6.08 Å². The van der Waals surface area contributed by atoms with E-state index in [1.54, 1.807) is 0 Å². The highest BCUT2D eigenvalue weighted by atomic mass is 32.2. The van der Waals surface area contributed by atoms with E-state index in [4.69, 9.17) is 0 Å². The van der Waals surface area contributed by atoms with E-state index < -0.39 is 15.6 Å². The minimum Gasteiger partial charge on any atom is -0.384 e. The predicted octanol–water partition coefficient (Wildman–Crippen LogP) is 2.56. The zero-order valence-corrected chi connectivity index (χ0v) is 8.36. The molecule has 0 amide bonds. The van der Waals surface area contributed by atoms with Crippen LogP contribution in [-0.4, -0.2) is 13.9 Å². The molecule has 3 nitrogen and oxygen atoms in total. The van der Waals surface area contributed by atoms with Crippen LogP contribution in [0.5, 0.6) is 0 Å². The van der Waals surface area contributed by atoms with E-state index >= 15 is 0 Å². The normalized spacial score (nSPS) is 13.4. The summed E-state index contributed by atoms with van der Waals surface area (Å²) in [6, 6.07) is 0. The Labute approximate surface area is 80.7 Å². The molecule has 0 N–H and O–H groups in total. The second-order valence-electron chi connectivity index (χ2n) is 2.51. The number of alkyl halides is 3. The average Bonchev–Trinajstić information content (AvgIpc) is 2.02. The molecule has 0 spiro atoms. The molecule has 0 saturated heterocycles. The Bertz CT molecular complexity index is 279. The fourth-order valence-corrected chi connectivity index (χ4v) is 0.891. The highest BCUT2D eigenvalue weighted by Crippen LogP contribution is 2.24. The molecular formula is C7H11F3O3S. The largest absolute Gasteiger partial charge is 0.534 e. The van der Waals surface area contributed by atoms with Crippen molar-refractivity contribution in [1.82, 2.24) is 0 Å². The van der Waals surface area contributed by atoms with Gasteiger partial charge in [0.15, 0.2) is 0 Å². The molecule has 0 atom stereocenters. The third-order valence-electron chi connectivity index (χ3n) is 1.29. The second-order valence-corrected chi connectivity index (χ2v) is 4.07. The zero-order valence-electron chi connectivity index (χ0n) is 7.54. The molecule has 0 aliphatic carbocycles. The van der Waals surface area contributed by atoms with Gasteiger partial charge < -0.3 is 4.18 Å². The molecule has 0 radical (unpaired) electrons. The van der Waals surface area contributed by atoms with Gasteiger partial charge in [0, 0.05) is 0 Å². The first-order valence-corrected chi connectivity index (χ1v) is 5.36. The summed E-state index contributed by atoms with van der Waals surface area (Å²) >= 11 is 0. The molecule has 14 heavy (non-hydrogen) atoms. The molecule has 84 valence electrons. The van der Waals surface area contributed by atoms with Gasteiger partial charge in [-0.2, -0.15) is 21.6 Å². The van der Waals surface area contributed by atoms with Crippen molar-refractivity contribution in [3.63, 3.8) is 0 Å². The number of halogens is 3. The molecule has 0 unspecified atom stereocenters. The van der Waals surface area contributed by atoms with Crippen LogP contribution >= 0.6 is 0 Å². The van der Waals surface area contributed by atoms with Gasteiger partial charge in [-0.15, -0.1) is 0 Å². The molecule has 0 fully saturated rings. The number of allylic oxidation sites excluding steroid dienone is 1. The van der Waals surface area contributed by atoms with Gasteiger partial charge in [0.05, 0.1) is 0 Å². The van der Waals surface area contributed by atoms with Crippen LogP contribution in [0.1, 0.15) is 26.2 Å². The topological polar surface area (TPSA) is 43.4 Å². The molecule has 0 aliphatic rings. The van der Waals surface area contributed by atoms with E-state index in [2.05, 4.69) is 4.18 Å². The van der Waals surface area contributed by atoms with Crippen molar-refractivity contribution < 1.29 is 25.8 Å². The third kappa shape index (κ3) is 4.50. The lowest BCUT2D eigenvalue weighted by Gasteiger charge is -2.05. The molecule has 0 aromatic carbocycles. The van der Waals surface area contributed by atoms with Crippen LogP contribution in [0, 0.1) is 0 Å². The van der Waals surface area contributed by atoms with Crippen molar-refractivity contribution in [2.45, 2.75) is 31.7 Å². The Hall–Kier alpha value is -0.720. The highest BCUT2D eigenvalue weighted by molar-refractivity contribution is 7.87. The summed E-state index contributed by atoms with van der Waals surface area (Å²) in [6.07, 6.45) is 3.93. The van der Waals surface area contributed by atoms with Crippen molar-refractivity contribution in [1.29, 1.82) is 0 Å². The first kappa shape index (κ1) is 13.3. The van der Waals surface area contributed by atoms with Crippen LogP contribution in [0.15, 0.2) is 12.3 Å². The second kappa shape index (κ2) is 5.23. The van der Waals surface area contributed by atoms with Crippen molar-refractivity contribution in [2.75, 3.05) is 0 Å². The molecule has 0 saturated carbocycles. The predicted molar refractivity (Wildman–Crippen MR) is 44.7 cm³/mol. The van der Waals surface area contributed by atoms with Gasteiger partial charge in [-0.1, -0.05) is 13.3 Å². The quantitative estimate of drug-likeness (QED) is 0.316. The molecular weight excluding hydrogens is 221 g/mol. The zero-order chi connectivity index (χ0) is 11.2. The van der Waals surface area contributed by atoms with E-state index in [9.17, 15) is 21.6 Å². The lowest BCUT2D eigenvalue weighted by molar-refractivity contribution is -0.0515. The van der Waals surface area contributed by atoms with E-state index in [0.29, 0.717) is 12.7 Å². The summed E-state index contributed by atoms with van der Waals surface area (Å²) in [5, 5.41) is 0. The van der Waals surface area contributed by atoms with E-state index in [0.717, 1.165) is 12.8 Å². The maximum Gasteiger partial charge on any atom is 0.534 e. The van der Waals surface area contributed by atoms with Crippen LogP contribution in [-0.2, 0) is 14.3 Å². The molecule has 7 heteroatoms. The Kier molecular flexibility index (Phi) is 4.96. The maximum atomic E-state index is 11.7. The van der Waals surface area contributed by atoms with Gasteiger partial charge in [-0.3, -0.25) is 0 Å². The number of unbranched alkanes of at least 4 members (excludes halogenated alkanes) is 2. The first-order chi connectivity index (χ1) is 6.31. The van der Waals surface area contributed by atoms with E-state index in [-0.39, 0.29) is 0 Å². The van der Waals surface area contributed by atoms with Gasteiger partial charge in [0.25, 0.3) is 0 Å². The monoisotopic (exact) mass is 232 g/mol. The first-order valence-electron chi connectivity index (χ1n) is 3.96. The van der Waals surface area contributed by atoms with Crippen LogP contribution < -0.4 is 0 Å². The van der Waals surface area contributed by atoms with Crippen LogP contribution in [0.4, 0.5) is 13.2 Å². The summed E-state index contributed by atoms with van der Waals surface area (Å²) < 4.78 is 59.2. The SMILES string of the molecule is CCCC/C=C/OS(=O)(=O)C(F)(F)F. The van der Waals surface area contributed by atoms with E-state index in [1.807, 2.05) is 6.92 Å². The summed E-state index contributed by atoms with van der Waals surface area (Å²) in [7, 11) is -5.47. The van der Waals surface area contributed by atoms with Crippen LogP contribution in [0.25, 0.3) is 0 Å². The van der Waals surface area contributed by atoms with Gasteiger partial charge in [-0.25, -0.2) is 0 Å². The van der Waals surface area contributed by atoms with Gasteiger partial charge in [0.2, 0.25) is 0 Å². The lowest BCUT2D eigenvalue weighted by Crippen LogP contribution is -2.23. The van der Waals surface area contributed by atoms with Crippen molar-refractivity contribution in [3.05, 3.63) is 12.3 Å². The van der Waals surface area contributed by atoms with Crippen LogP contribution in [0.3, 0.4) is 0 Å². The fourth-order valence-electron chi connectivity index (χ4n) is 0.557. The minimum absolute atomic E-state index is 0.490. The summed E-state index contributed by atoms with van der Waals surface area (Å²) in [5.41, 5.74) is -5.36. The molecule has 0 aliphatic heterocycles. The number of hydrogen-bond donors (Lipinski definition) is 0. The summed E-state index contributed by atoms with van der Waals surface area (Å²) in [4.78, 5) is 0. The van der Waals surface area contributed by atoms with Gasteiger partial charge in [0.1, 0.15) is 6.26 Å². The van der Waals surface area contributed by atoms with Gasteiger partial charge >= 0.3 is 15.6 Å². The molecule has 0 aromatic heterocycles. The smallest absolute Gasteiger partial charge is 0.384 e. The summed E-state index contributed by atoms with van der Waals surface area (Å²) in [6.45, 7) is 1.90. The number of rotatable bonds is 5. The van der Waals surface area contributed by atoms with Crippen molar-refractivity contribution in [3.8, 4) is 0 Å². The highest BCUT2D eigenvalue weighted by Gasteiger charge is 2.47. The molecule has 0 bridgehead atoms. The minimum atomic E-state index is -5.47. The third-order valence-corrected chi connectivity index (χ3v) is 2.22. The Morgan fingerprint density at radius 2 is 1.93 bits per heavy atom. The standard InChI is InChI=1S/C7H11F3O3S/c1-2-3-4-5-6-13-14(11,12)7(8,9)10/h5-6H,2-4H2,1H3/b6-5+. The summed E-state index contributed by atoms with van der Waals surface area (Å²) in [5.74, 6) is 0. The Morgan fingerprint density at radius 1 is 1.36 bits per heavy atom. The van der Waals surface area contributed by atoms with Crippen molar-refractivity contribution >= 4 is 10.1 Å². The fraction of sp³-hybridized carbons (Fsp3) is 0.714. The molecule has 0 aromatic rings. The maximum absolute atomic E-state index is 11.7. The average molecular weight is 232 g/mol. The van der Waals surface area contributed by atoms with Crippen LogP contribution in [0.2, 0.25) is 0 Å². The number of hydrogen-bond acceptors (Lipinski definition) is 3. The van der Waals surface area contributed by atoms with Gasteiger partial charge in [-0.05, 0) is 18.9 Å². The van der Waals surface area contributed by atoms with Crippen molar-refractivity contribution in [2.24, 2.45) is 0 Å². The Morgan fingerprint density at radius 3 is 2.36 bits per heavy atom. The Balaban J connectivity index is 4.08. The molecule has 0 rings (SSSR count). The lowest BCUT2D eigenvalue weighted by atomic mass is 10.2.